The first-order chi connectivity index (χ1) is 14.5. The topological polar surface area (TPSA) is 94.6 Å². The average Bonchev–Trinajstić information content (AvgIpc) is 3.17. The number of rotatable bonds is 9. The van der Waals surface area contributed by atoms with Crippen LogP contribution in [0.1, 0.15) is 16.8 Å². The molecule has 0 aliphatic heterocycles. The van der Waals surface area contributed by atoms with Gasteiger partial charge >= 0.3 is 0 Å². The fraction of sp³-hybridized carbons (Fsp3) is 0.286. The lowest BCUT2D eigenvalue weighted by Gasteiger charge is -2.14. The van der Waals surface area contributed by atoms with Gasteiger partial charge in [-0.3, -0.25) is 4.79 Å². The summed E-state index contributed by atoms with van der Waals surface area (Å²) in [6.45, 7) is 2.33. The number of amides is 1. The zero-order valence-corrected chi connectivity index (χ0v) is 18.1. The van der Waals surface area contributed by atoms with Gasteiger partial charge in [0.15, 0.2) is 16.6 Å². The van der Waals surface area contributed by atoms with Gasteiger partial charge < -0.3 is 24.8 Å². The summed E-state index contributed by atoms with van der Waals surface area (Å²) in [7, 11) is 4.66. The van der Waals surface area contributed by atoms with Crippen molar-refractivity contribution in [3.63, 3.8) is 0 Å². The standard InChI is InChI=1S/C21H24N4O4S/c1-13-5-6-22-18(7-13)25-21-24-15(12-30-21)10-19(26)23-11-14-8-16(27-2)20(29-4)17(9-14)28-3/h5-9,12H,10-11H2,1-4H3,(H,23,26)(H,22,24,25). The van der Waals surface area contributed by atoms with Crippen LogP contribution in [0, 0.1) is 6.92 Å². The summed E-state index contributed by atoms with van der Waals surface area (Å²) in [6.07, 6.45) is 1.92. The zero-order valence-electron chi connectivity index (χ0n) is 17.3. The zero-order chi connectivity index (χ0) is 21.5. The van der Waals surface area contributed by atoms with Crippen LogP contribution in [0.4, 0.5) is 10.9 Å². The lowest BCUT2D eigenvalue weighted by atomic mass is 10.1. The average molecular weight is 429 g/mol. The predicted molar refractivity (Wildman–Crippen MR) is 116 cm³/mol. The van der Waals surface area contributed by atoms with Gasteiger partial charge in [0.1, 0.15) is 5.82 Å². The van der Waals surface area contributed by atoms with Gasteiger partial charge in [-0.2, -0.15) is 0 Å². The molecule has 30 heavy (non-hydrogen) atoms. The number of anilines is 2. The molecule has 1 amide bonds. The maximum Gasteiger partial charge on any atom is 0.226 e. The predicted octanol–water partition coefficient (Wildman–Crippen LogP) is 3.47. The van der Waals surface area contributed by atoms with Crippen molar-refractivity contribution in [1.29, 1.82) is 0 Å². The van der Waals surface area contributed by atoms with Gasteiger partial charge in [0.05, 0.1) is 33.4 Å². The molecule has 0 spiro atoms. The van der Waals surface area contributed by atoms with Crippen molar-refractivity contribution in [2.45, 2.75) is 19.9 Å². The Balaban J connectivity index is 1.58. The monoisotopic (exact) mass is 428 g/mol. The molecule has 0 saturated heterocycles. The van der Waals surface area contributed by atoms with Crippen LogP contribution in [-0.4, -0.2) is 37.2 Å². The van der Waals surface area contributed by atoms with Crippen LogP contribution in [0.2, 0.25) is 0 Å². The Morgan fingerprint density at radius 3 is 2.47 bits per heavy atom. The maximum absolute atomic E-state index is 12.4. The Morgan fingerprint density at radius 2 is 1.83 bits per heavy atom. The van der Waals surface area contributed by atoms with E-state index in [0.717, 1.165) is 16.9 Å². The molecule has 0 fully saturated rings. The number of pyridine rings is 1. The fourth-order valence-corrected chi connectivity index (χ4v) is 3.54. The van der Waals surface area contributed by atoms with Crippen molar-refractivity contribution >= 4 is 28.2 Å². The molecule has 2 N–H and O–H groups in total. The number of nitrogens with one attached hydrogen (secondary N) is 2. The number of carbonyl (C=O) groups is 1. The molecule has 0 aliphatic carbocycles. The van der Waals surface area contributed by atoms with E-state index in [9.17, 15) is 4.79 Å². The number of aryl methyl sites for hydroxylation is 1. The van der Waals surface area contributed by atoms with Crippen LogP contribution in [0.5, 0.6) is 17.2 Å². The van der Waals surface area contributed by atoms with Crippen molar-refractivity contribution in [2.75, 3.05) is 26.6 Å². The number of carbonyl (C=O) groups excluding carboxylic acids is 1. The summed E-state index contributed by atoms with van der Waals surface area (Å²) < 4.78 is 16.0. The summed E-state index contributed by atoms with van der Waals surface area (Å²) in [4.78, 5) is 21.1. The Morgan fingerprint density at radius 1 is 1.10 bits per heavy atom. The number of aromatic nitrogens is 2. The van der Waals surface area contributed by atoms with Gasteiger partial charge in [0.25, 0.3) is 0 Å². The summed E-state index contributed by atoms with van der Waals surface area (Å²) in [5.74, 6) is 2.19. The SMILES string of the molecule is COc1cc(CNC(=O)Cc2csc(Nc3cc(C)ccn3)n2)cc(OC)c1OC. The van der Waals surface area contributed by atoms with E-state index in [1.54, 1.807) is 39.7 Å². The first-order valence-electron chi connectivity index (χ1n) is 9.22. The molecule has 0 aliphatic rings. The van der Waals surface area contributed by atoms with Crippen molar-refractivity contribution in [1.82, 2.24) is 15.3 Å². The Labute approximate surface area is 179 Å². The third-order valence-corrected chi connectivity index (χ3v) is 5.06. The molecule has 158 valence electrons. The summed E-state index contributed by atoms with van der Waals surface area (Å²) in [6, 6.07) is 7.48. The Bertz CT molecular complexity index is 997. The molecule has 0 unspecified atom stereocenters. The molecule has 2 aromatic heterocycles. The van der Waals surface area contributed by atoms with Crippen molar-refractivity contribution < 1.29 is 19.0 Å². The van der Waals surface area contributed by atoms with E-state index in [4.69, 9.17) is 14.2 Å². The first kappa shape index (κ1) is 21.4. The van der Waals surface area contributed by atoms with E-state index < -0.39 is 0 Å². The van der Waals surface area contributed by atoms with Gasteiger partial charge in [0, 0.05) is 18.1 Å². The molecule has 8 nitrogen and oxygen atoms in total. The first-order valence-corrected chi connectivity index (χ1v) is 10.1. The Kier molecular flexibility index (Phi) is 7.08. The molecule has 0 radical (unpaired) electrons. The molecule has 9 heteroatoms. The quantitative estimate of drug-likeness (QED) is 0.539. The van der Waals surface area contributed by atoms with E-state index in [-0.39, 0.29) is 12.3 Å². The minimum absolute atomic E-state index is 0.130. The fourth-order valence-electron chi connectivity index (χ4n) is 2.82. The van der Waals surface area contributed by atoms with E-state index >= 15 is 0 Å². The van der Waals surface area contributed by atoms with E-state index in [1.807, 2.05) is 24.4 Å². The molecule has 2 heterocycles. The second kappa shape index (κ2) is 9.93. The van der Waals surface area contributed by atoms with Crippen molar-refractivity contribution in [3.8, 4) is 17.2 Å². The van der Waals surface area contributed by atoms with Crippen LogP contribution in [0.3, 0.4) is 0 Å². The van der Waals surface area contributed by atoms with E-state index in [2.05, 4.69) is 20.6 Å². The van der Waals surface area contributed by atoms with Crippen molar-refractivity contribution in [3.05, 3.63) is 52.7 Å². The van der Waals surface area contributed by atoms with Crippen molar-refractivity contribution in [2.24, 2.45) is 0 Å². The molecular formula is C21H24N4O4S. The molecular weight excluding hydrogens is 404 g/mol. The van der Waals surface area contributed by atoms with E-state index in [0.29, 0.717) is 34.6 Å². The van der Waals surface area contributed by atoms with Crippen LogP contribution < -0.4 is 24.8 Å². The van der Waals surface area contributed by atoms with E-state index in [1.165, 1.54) is 11.3 Å². The highest BCUT2D eigenvalue weighted by Crippen LogP contribution is 2.38. The number of hydrogen-bond acceptors (Lipinski definition) is 8. The second-order valence-electron chi connectivity index (χ2n) is 6.47. The number of hydrogen-bond donors (Lipinski definition) is 2. The maximum atomic E-state index is 12.4. The van der Waals surface area contributed by atoms with Gasteiger partial charge in [0.2, 0.25) is 11.7 Å². The third-order valence-electron chi connectivity index (χ3n) is 4.26. The summed E-state index contributed by atoms with van der Waals surface area (Å²) in [5, 5.41) is 8.61. The number of nitrogens with zero attached hydrogens (tertiary/aromatic N) is 2. The van der Waals surface area contributed by atoms with Crippen LogP contribution >= 0.6 is 11.3 Å². The molecule has 0 saturated carbocycles. The van der Waals surface area contributed by atoms with Gasteiger partial charge in [-0.05, 0) is 42.3 Å². The van der Waals surface area contributed by atoms with Crippen LogP contribution in [-0.2, 0) is 17.8 Å². The summed E-state index contributed by atoms with van der Waals surface area (Å²) in [5.41, 5.74) is 2.64. The minimum atomic E-state index is -0.130. The smallest absolute Gasteiger partial charge is 0.226 e. The number of benzene rings is 1. The van der Waals surface area contributed by atoms with Gasteiger partial charge in [-0.15, -0.1) is 11.3 Å². The normalized spacial score (nSPS) is 10.4. The van der Waals surface area contributed by atoms with Gasteiger partial charge in [-0.25, -0.2) is 9.97 Å². The lowest BCUT2D eigenvalue weighted by Crippen LogP contribution is -2.24. The number of ether oxygens (including phenoxy) is 3. The largest absolute Gasteiger partial charge is 0.493 e. The van der Waals surface area contributed by atoms with Crippen LogP contribution in [0.15, 0.2) is 35.8 Å². The lowest BCUT2D eigenvalue weighted by molar-refractivity contribution is -0.120. The molecule has 0 atom stereocenters. The molecule has 0 bridgehead atoms. The highest BCUT2D eigenvalue weighted by atomic mass is 32.1. The van der Waals surface area contributed by atoms with Gasteiger partial charge in [-0.1, -0.05) is 0 Å². The highest BCUT2D eigenvalue weighted by Gasteiger charge is 2.14. The van der Waals surface area contributed by atoms with Crippen LogP contribution in [0.25, 0.3) is 0 Å². The third kappa shape index (κ3) is 5.38. The number of thiazole rings is 1. The Hall–Kier alpha value is -3.33. The molecule has 1 aromatic carbocycles. The minimum Gasteiger partial charge on any atom is -0.493 e. The summed E-state index contributed by atoms with van der Waals surface area (Å²) >= 11 is 1.43. The number of methoxy groups -OCH3 is 3. The molecule has 3 rings (SSSR count). The molecule has 3 aromatic rings. The highest BCUT2D eigenvalue weighted by molar-refractivity contribution is 7.13. The second-order valence-corrected chi connectivity index (χ2v) is 7.33.